The van der Waals surface area contributed by atoms with Crippen LogP contribution in [-0.4, -0.2) is 29.1 Å². The van der Waals surface area contributed by atoms with Crippen LogP contribution in [0.25, 0.3) is 10.9 Å². The number of amides is 1. The summed E-state index contributed by atoms with van der Waals surface area (Å²) in [5.74, 6) is 0.675. The molecule has 0 spiro atoms. The number of halogens is 2. The van der Waals surface area contributed by atoms with Gasteiger partial charge in [-0.1, -0.05) is 41.9 Å². The fourth-order valence-electron chi connectivity index (χ4n) is 3.12. The molecule has 0 unspecified atom stereocenters. The van der Waals surface area contributed by atoms with Crippen molar-refractivity contribution in [2.24, 2.45) is 5.10 Å². The van der Waals surface area contributed by atoms with Crippen LogP contribution < -0.4 is 14.6 Å². The van der Waals surface area contributed by atoms with Crippen molar-refractivity contribution in [2.45, 2.75) is 27.4 Å². The topological polar surface area (TPSA) is 70.9 Å². The van der Waals surface area contributed by atoms with Gasteiger partial charge in [0.05, 0.1) is 15.7 Å². The number of aryl methyl sites for hydroxylation is 1. The SMILES string of the molecule is C=CN(/N=C\C)c1cc(C)nc2c(OCc3c(Cl)cnc(N(C)C(C)=O)c3Cl)cccc12. The van der Waals surface area contributed by atoms with Crippen LogP contribution in [0.2, 0.25) is 10.0 Å². The highest BCUT2D eigenvalue weighted by molar-refractivity contribution is 6.37. The van der Waals surface area contributed by atoms with Crippen LogP contribution in [0.1, 0.15) is 25.1 Å². The molecule has 0 aliphatic carbocycles. The maximum Gasteiger partial charge on any atom is 0.224 e. The largest absolute Gasteiger partial charge is 0.487 e. The number of fused-ring (bicyclic) bond motifs is 1. The Morgan fingerprint density at radius 2 is 2.09 bits per heavy atom. The van der Waals surface area contributed by atoms with E-state index in [-0.39, 0.29) is 17.5 Å². The number of ether oxygens (including phenoxy) is 1. The first-order chi connectivity index (χ1) is 15.3. The number of anilines is 2. The Morgan fingerprint density at radius 3 is 2.75 bits per heavy atom. The van der Waals surface area contributed by atoms with E-state index in [0.29, 0.717) is 27.7 Å². The van der Waals surface area contributed by atoms with E-state index in [1.165, 1.54) is 18.0 Å². The van der Waals surface area contributed by atoms with Crippen molar-refractivity contribution >= 4 is 57.7 Å². The summed E-state index contributed by atoms with van der Waals surface area (Å²) in [6, 6.07) is 7.57. The second-order valence-corrected chi connectivity index (χ2v) is 7.71. The molecule has 1 amide bonds. The average Bonchev–Trinajstić information content (AvgIpc) is 2.76. The zero-order valence-electron chi connectivity index (χ0n) is 18.3. The van der Waals surface area contributed by atoms with Gasteiger partial charge < -0.3 is 4.74 Å². The molecule has 3 rings (SSSR count). The molecule has 0 N–H and O–H groups in total. The number of aromatic nitrogens is 2. The lowest BCUT2D eigenvalue weighted by Gasteiger charge is -2.19. The van der Waals surface area contributed by atoms with Crippen molar-refractivity contribution in [2.75, 3.05) is 17.0 Å². The van der Waals surface area contributed by atoms with Gasteiger partial charge in [0.15, 0.2) is 5.82 Å². The Bertz CT molecular complexity index is 1210. The monoisotopic (exact) mass is 471 g/mol. The molecule has 1 aromatic carbocycles. The molecule has 0 aliphatic heterocycles. The third-order valence-corrected chi connectivity index (χ3v) is 5.50. The van der Waals surface area contributed by atoms with Gasteiger partial charge in [0.25, 0.3) is 0 Å². The molecule has 0 saturated carbocycles. The smallest absolute Gasteiger partial charge is 0.224 e. The predicted molar refractivity (Wildman–Crippen MR) is 131 cm³/mol. The number of hydrazone groups is 1. The summed E-state index contributed by atoms with van der Waals surface area (Å²) in [6.45, 7) is 9.08. The lowest BCUT2D eigenvalue weighted by Crippen LogP contribution is -2.24. The number of hydrogen-bond donors (Lipinski definition) is 0. The average molecular weight is 472 g/mol. The van der Waals surface area contributed by atoms with Gasteiger partial charge in [0.2, 0.25) is 5.91 Å². The highest BCUT2D eigenvalue weighted by atomic mass is 35.5. The standard InChI is InChI=1S/C23H23Cl2N5O2/c1-6-27-30(7-2)19-11-14(3)28-22-16(19)9-8-10-20(22)32-13-17-18(24)12-26-23(21(17)25)29(5)15(4)31/h6-12H,2,13H2,1,3-5H3/b27-6-. The molecular weight excluding hydrogens is 449 g/mol. The molecule has 2 aromatic heterocycles. The first-order valence-corrected chi connectivity index (χ1v) is 10.5. The number of carbonyl (C=O) groups is 1. The molecule has 166 valence electrons. The van der Waals surface area contributed by atoms with Crippen LogP contribution in [0.5, 0.6) is 5.75 Å². The molecule has 0 radical (unpaired) electrons. The number of rotatable bonds is 7. The molecular formula is C23H23Cl2N5O2. The molecule has 32 heavy (non-hydrogen) atoms. The van der Waals surface area contributed by atoms with Gasteiger partial charge in [-0.15, -0.1) is 0 Å². The van der Waals surface area contributed by atoms with Crippen molar-refractivity contribution in [1.82, 2.24) is 9.97 Å². The third kappa shape index (κ3) is 4.69. The summed E-state index contributed by atoms with van der Waals surface area (Å²) >= 11 is 12.8. The van der Waals surface area contributed by atoms with Crippen LogP contribution in [0.15, 0.2) is 48.3 Å². The van der Waals surface area contributed by atoms with Crippen LogP contribution in [0.4, 0.5) is 11.5 Å². The minimum Gasteiger partial charge on any atom is -0.487 e. The highest BCUT2D eigenvalue weighted by Crippen LogP contribution is 2.35. The highest BCUT2D eigenvalue weighted by Gasteiger charge is 2.19. The lowest BCUT2D eigenvalue weighted by molar-refractivity contribution is -0.116. The summed E-state index contributed by atoms with van der Waals surface area (Å²) in [5, 5.41) is 7.47. The van der Waals surface area contributed by atoms with Crippen LogP contribution in [0.3, 0.4) is 0 Å². The van der Waals surface area contributed by atoms with Crippen LogP contribution in [0, 0.1) is 6.92 Å². The minimum atomic E-state index is -0.198. The number of para-hydroxylation sites is 1. The molecule has 2 heterocycles. The zero-order chi connectivity index (χ0) is 23.4. The number of pyridine rings is 2. The van der Waals surface area contributed by atoms with Gasteiger partial charge in [-0.25, -0.2) is 15.0 Å². The normalized spacial score (nSPS) is 11.1. The van der Waals surface area contributed by atoms with Crippen molar-refractivity contribution < 1.29 is 9.53 Å². The fraction of sp³-hybridized carbons (Fsp3) is 0.217. The van der Waals surface area contributed by atoms with Gasteiger partial charge in [-0.2, -0.15) is 5.10 Å². The molecule has 0 bridgehead atoms. The number of hydrogen-bond acceptors (Lipinski definition) is 6. The Balaban J connectivity index is 2.03. The van der Waals surface area contributed by atoms with Crippen molar-refractivity contribution in [3.05, 3.63) is 64.5 Å². The summed E-state index contributed by atoms with van der Waals surface area (Å²) in [5.41, 5.74) is 2.83. The molecule has 0 aliphatic rings. The van der Waals surface area contributed by atoms with Gasteiger partial charge >= 0.3 is 0 Å². The van der Waals surface area contributed by atoms with E-state index in [1.807, 2.05) is 38.1 Å². The van der Waals surface area contributed by atoms with E-state index in [9.17, 15) is 4.79 Å². The molecule has 0 saturated heterocycles. The fourth-order valence-corrected chi connectivity index (χ4v) is 3.70. The van der Waals surface area contributed by atoms with Gasteiger partial charge in [-0.05, 0) is 26.0 Å². The van der Waals surface area contributed by atoms with Gasteiger partial charge in [0.1, 0.15) is 17.9 Å². The van der Waals surface area contributed by atoms with E-state index in [1.54, 1.807) is 24.5 Å². The molecule has 7 nitrogen and oxygen atoms in total. The van der Waals surface area contributed by atoms with E-state index < -0.39 is 0 Å². The van der Waals surface area contributed by atoms with Crippen molar-refractivity contribution in [3.8, 4) is 5.75 Å². The quantitative estimate of drug-likeness (QED) is 0.323. The number of carbonyl (C=O) groups excluding carboxylic acids is 1. The summed E-state index contributed by atoms with van der Waals surface area (Å²) in [6.07, 6.45) is 4.77. The maximum absolute atomic E-state index is 11.7. The van der Waals surface area contributed by atoms with Gasteiger partial charge in [-0.3, -0.25) is 9.69 Å². The summed E-state index contributed by atoms with van der Waals surface area (Å²) < 4.78 is 6.10. The van der Waals surface area contributed by atoms with E-state index in [4.69, 9.17) is 27.9 Å². The first-order valence-electron chi connectivity index (χ1n) is 9.79. The van der Waals surface area contributed by atoms with E-state index in [2.05, 4.69) is 21.6 Å². The lowest BCUT2D eigenvalue weighted by atomic mass is 10.1. The zero-order valence-corrected chi connectivity index (χ0v) is 19.8. The van der Waals surface area contributed by atoms with Crippen LogP contribution in [-0.2, 0) is 11.4 Å². The van der Waals surface area contributed by atoms with Crippen LogP contribution >= 0.6 is 23.2 Å². The Hall–Kier alpha value is -3.16. The number of benzene rings is 1. The molecule has 9 heteroatoms. The Labute approximate surface area is 196 Å². The Kier molecular flexibility index (Phi) is 7.33. The van der Waals surface area contributed by atoms with E-state index >= 15 is 0 Å². The summed E-state index contributed by atoms with van der Waals surface area (Å²) in [4.78, 5) is 21.9. The molecule has 0 fully saturated rings. The van der Waals surface area contributed by atoms with E-state index in [0.717, 1.165) is 16.8 Å². The van der Waals surface area contributed by atoms with Gasteiger partial charge in [0, 0.05) is 49.2 Å². The molecule has 0 atom stereocenters. The second-order valence-electron chi connectivity index (χ2n) is 6.92. The first kappa shape index (κ1) is 23.5. The third-order valence-electron chi connectivity index (χ3n) is 4.78. The Morgan fingerprint density at radius 1 is 1.34 bits per heavy atom. The second kappa shape index (κ2) is 9.97. The predicted octanol–water partition coefficient (Wildman–Crippen LogP) is 5.76. The number of nitrogens with zero attached hydrogens (tertiary/aromatic N) is 5. The maximum atomic E-state index is 11.7. The summed E-state index contributed by atoms with van der Waals surface area (Å²) in [7, 11) is 1.60. The van der Waals surface area contributed by atoms with Crippen molar-refractivity contribution in [1.29, 1.82) is 0 Å². The van der Waals surface area contributed by atoms with Crippen molar-refractivity contribution in [3.63, 3.8) is 0 Å². The molecule has 3 aromatic rings. The minimum absolute atomic E-state index is 0.0707.